The molecule has 0 saturated heterocycles. The van der Waals surface area contributed by atoms with Crippen LogP contribution in [0.2, 0.25) is 0 Å². The van der Waals surface area contributed by atoms with Crippen molar-refractivity contribution in [2.45, 2.75) is 18.9 Å². The lowest BCUT2D eigenvalue weighted by atomic mass is 9.92. The molecule has 0 aromatic heterocycles. The summed E-state index contributed by atoms with van der Waals surface area (Å²) in [6, 6.07) is 26.6. The molecule has 0 aliphatic heterocycles. The first kappa shape index (κ1) is 18.0. The number of rotatable bonds is 8. The molecule has 1 unspecified atom stereocenters. The summed E-state index contributed by atoms with van der Waals surface area (Å²) in [5, 5.41) is 0. The van der Waals surface area contributed by atoms with Crippen molar-refractivity contribution in [2.24, 2.45) is 5.73 Å². The number of hydrogen-bond donors (Lipinski definition) is 1. The highest BCUT2D eigenvalue weighted by molar-refractivity contribution is 5.33. The second-order valence-corrected chi connectivity index (χ2v) is 6.33. The Balaban J connectivity index is 1.63. The maximum Gasteiger partial charge on any atom is 0.119 e. The van der Waals surface area contributed by atoms with Gasteiger partial charge in [0.2, 0.25) is 0 Å². The van der Waals surface area contributed by atoms with E-state index in [1.807, 2.05) is 42.5 Å². The maximum atomic E-state index is 6.03. The molecule has 26 heavy (non-hydrogen) atoms. The maximum absolute atomic E-state index is 6.03. The average molecular weight is 347 g/mol. The molecule has 0 amide bonds. The minimum atomic E-state index is 0.269. The van der Waals surface area contributed by atoms with Crippen LogP contribution in [0.4, 0.5) is 0 Å². The third-order valence-corrected chi connectivity index (χ3v) is 4.50. The highest BCUT2D eigenvalue weighted by atomic mass is 16.5. The molecule has 3 aromatic carbocycles. The predicted molar refractivity (Wildman–Crippen MR) is 106 cm³/mol. The van der Waals surface area contributed by atoms with E-state index >= 15 is 0 Å². The van der Waals surface area contributed by atoms with Crippen molar-refractivity contribution in [3.63, 3.8) is 0 Å². The SMILES string of the molecule is COc1cccc(CC(CN)c2ccc(OCc3ccccc3)cc2)c1. The van der Waals surface area contributed by atoms with E-state index < -0.39 is 0 Å². The molecule has 2 N–H and O–H groups in total. The molecule has 0 heterocycles. The number of ether oxygens (including phenoxy) is 2. The van der Waals surface area contributed by atoms with Gasteiger partial charge in [0.1, 0.15) is 18.1 Å². The Kier molecular flexibility index (Phi) is 6.29. The van der Waals surface area contributed by atoms with Gasteiger partial charge in [-0.3, -0.25) is 0 Å². The van der Waals surface area contributed by atoms with E-state index in [0.717, 1.165) is 23.5 Å². The van der Waals surface area contributed by atoms with E-state index in [-0.39, 0.29) is 5.92 Å². The first-order valence-corrected chi connectivity index (χ1v) is 8.88. The van der Waals surface area contributed by atoms with Gasteiger partial charge in [-0.2, -0.15) is 0 Å². The quantitative estimate of drug-likeness (QED) is 0.650. The Morgan fingerprint density at radius 1 is 0.808 bits per heavy atom. The molecular formula is C23H25NO2. The van der Waals surface area contributed by atoms with Crippen LogP contribution in [0.15, 0.2) is 78.9 Å². The molecule has 3 heteroatoms. The van der Waals surface area contributed by atoms with Crippen LogP contribution in [0.25, 0.3) is 0 Å². The van der Waals surface area contributed by atoms with Crippen molar-refractivity contribution in [3.05, 3.63) is 95.6 Å². The van der Waals surface area contributed by atoms with Gasteiger partial charge >= 0.3 is 0 Å². The third-order valence-electron chi connectivity index (χ3n) is 4.50. The smallest absolute Gasteiger partial charge is 0.119 e. The highest BCUT2D eigenvalue weighted by Gasteiger charge is 2.11. The molecular weight excluding hydrogens is 322 g/mol. The molecule has 0 fully saturated rings. The lowest BCUT2D eigenvalue weighted by Gasteiger charge is -2.16. The first-order valence-electron chi connectivity index (χ1n) is 8.88. The molecule has 0 spiro atoms. The molecule has 0 saturated carbocycles. The van der Waals surface area contributed by atoms with Crippen molar-refractivity contribution in [3.8, 4) is 11.5 Å². The zero-order chi connectivity index (χ0) is 18.2. The topological polar surface area (TPSA) is 44.5 Å². The van der Waals surface area contributed by atoms with Gasteiger partial charge in [0.05, 0.1) is 7.11 Å². The van der Waals surface area contributed by atoms with Gasteiger partial charge in [0, 0.05) is 5.92 Å². The Hall–Kier alpha value is -2.78. The standard InChI is InChI=1S/C23H25NO2/c1-25-23-9-5-8-19(15-23)14-21(16-24)20-10-12-22(13-11-20)26-17-18-6-3-2-4-7-18/h2-13,15,21H,14,16-17,24H2,1H3. The minimum absolute atomic E-state index is 0.269. The second-order valence-electron chi connectivity index (χ2n) is 6.33. The van der Waals surface area contributed by atoms with E-state index in [1.54, 1.807) is 7.11 Å². The van der Waals surface area contributed by atoms with Crippen LogP contribution in [-0.4, -0.2) is 13.7 Å². The zero-order valence-electron chi connectivity index (χ0n) is 15.1. The van der Waals surface area contributed by atoms with Crippen molar-refractivity contribution in [2.75, 3.05) is 13.7 Å². The van der Waals surface area contributed by atoms with Gasteiger partial charge in [-0.25, -0.2) is 0 Å². The molecule has 0 radical (unpaired) electrons. The van der Waals surface area contributed by atoms with Gasteiger partial charge in [-0.1, -0.05) is 54.6 Å². The normalized spacial score (nSPS) is 11.8. The van der Waals surface area contributed by atoms with Gasteiger partial charge in [0.15, 0.2) is 0 Å². The summed E-state index contributed by atoms with van der Waals surface area (Å²) in [5.41, 5.74) is 9.65. The molecule has 0 bridgehead atoms. The molecule has 134 valence electrons. The first-order chi connectivity index (χ1) is 12.8. The van der Waals surface area contributed by atoms with Gasteiger partial charge < -0.3 is 15.2 Å². The molecule has 3 rings (SSSR count). The van der Waals surface area contributed by atoms with Crippen molar-refractivity contribution < 1.29 is 9.47 Å². The summed E-state index contributed by atoms with van der Waals surface area (Å²) < 4.78 is 11.2. The van der Waals surface area contributed by atoms with Crippen molar-refractivity contribution >= 4 is 0 Å². The monoisotopic (exact) mass is 347 g/mol. The third kappa shape index (κ3) is 4.87. The number of hydrogen-bond acceptors (Lipinski definition) is 3. The summed E-state index contributed by atoms with van der Waals surface area (Å²) in [6.45, 7) is 1.17. The van der Waals surface area contributed by atoms with Crippen LogP contribution in [0.1, 0.15) is 22.6 Å². The number of benzene rings is 3. The van der Waals surface area contributed by atoms with Crippen LogP contribution in [0, 0.1) is 0 Å². The highest BCUT2D eigenvalue weighted by Crippen LogP contribution is 2.24. The van der Waals surface area contributed by atoms with Crippen LogP contribution < -0.4 is 15.2 Å². The molecule has 0 aliphatic carbocycles. The van der Waals surface area contributed by atoms with E-state index in [4.69, 9.17) is 15.2 Å². The summed E-state index contributed by atoms with van der Waals surface area (Å²) in [5.74, 6) is 2.02. The lowest BCUT2D eigenvalue weighted by Crippen LogP contribution is -2.15. The van der Waals surface area contributed by atoms with Crippen LogP contribution in [0.3, 0.4) is 0 Å². The van der Waals surface area contributed by atoms with Crippen LogP contribution in [-0.2, 0) is 13.0 Å². The summed E-state index contributed by atoms with van der Waals surface area (Å²) in [4.78, 5) is 0. The van der Waals surface area contributed by atoms with Crippen LogP contribution >= 0.6 is 0 Å². The number of methoxy groups -OCH3 is 1. The Labute approximate surface area is 155 Å². The van der Waals surface area contributed by atoms with Gasteiger partial charge in [0.25, 0.3) is 0 Å². The minimum Gasteiger partial charge on any atom is -0.497 e. The fourth-order valence-corrected chi connectivity index (χ4v) is 3.00. The Bertz CT molecular complexity index is 800. The van der Waals surface area contributed by atoms with Gasteiger partial charge in [-0.05, 0) is 53.9 Å². The average Bonchev–Trinajstić information content (AvgIpc) is 2.72. The fraction of sp³-hybridized carbons (Fsp3) is 0.217. The van der Waals surface area contributed by atoms with Crippen LogP contribution in [0.5, 0.6) is 11.5 Å². The zero-order valence-corrected chi connectivity index (χ0v) is 15.1. The Morgan fingerprint density at radius 2 is 1.54 bits per heavy atom. The van der Waals surface area contributed by atoms with Crippen molar-refractivity contribution in [1.29, 1.82) is 0 Å². The van der Waals surface area contributed by atoms with Crippen molar-refractivity contribution in [1.82, 2.24) is 0 Å². The molecule has 3 nitrogen and oxygen atoms in total. The summed E-state index contributed by atoms with van der Waals surface area (Å²) in [6.07, 6.45) is 0.887. The summed E-state index contributed by atoms with van der Waals surface area (Å²) >= 11 is 0. The van der Waals surface area contributed by atoms with E-state index in [0.29, 0.717) is 13.2 Å². The second kappa shape index (κ2) is 9.07. The van der Waals surface area contributed by atoms with E-state index in [2.05, 4.69) is 36.4 Å². The van der Waals surface area contributed by atoms with Gasteiger partial charge in [-0.15, -0.1) is 0 Å². The molecule has 0 aliphatic rings. The molecule has 1 atom stereocenters. The number of nitrogens with two attached hydrogens (primary N) is 1. The fourth-order valence-electron chi connectivity index (χ4n) is 3.00. The molecule has 3 aromatic rings. The predicted octanol–water partition coefficient (Wildman–Crippen LogP) is 4.56. The lowest BCUT2D eigenvalue weighted by molar-refractivity contribution is 0.306. The van der Waals surface area contributed by atoms with E-state index in [1.165, 1.54) is 11.1 Å². The van der Waals surface area contributed by atoms with E-state index in [9.17, 15) is 0 Å². The Morgan fingerprint density at radius 3 is 2.23 bits per heavy atom. The largest absolute Gasteiger partial charge is 0.497 e. The summed E-state index contributed by atoms with van der Waals surface area (Å²) in [7, 11) is 1.69.